The van der Waals surface area contributed by atoms with E-state index >= 15 is 0 Å². The Morgan fingerprint density at radius 3 is 2.56 bits per heavy atom. The number of anilines is 1. The number of benzene rings is 2. The molecule has 0 radical (unpaired) electrons. The summed E-state index contributed by atoms with van der Waals surface area (Å²) in [4.78, 5) is 18.5. The predicted molar refractivity (Wildman–Crippen MR) is 135 cm³/mol. The molecular formula is C28H31N3O3. The Bertz CT molecular complexity index is 1130. The first kappa shape index (κ1) is 23.4. The van der Waals surface area contributed by atoms with Crippen LogP contribution in [0.3, 0.4) is 0 Å². The van der Waals surface area contributed by atoms with Gasteiger partial charge in [0.05, 0.1) is 11.9 Å². The lowest BCUT2D eigenvalue weighted by Gasteiger charge is -2.33. The highest BCUT2D eigenvalue weighted by Crippen LogP contribution is 2.26. The number of carbonyl (C=O) groups excluding carboxylic acids is 1. The van der Waals surface area contributed by atoms with Gasteiger partial charge in [-0.25, -0.2) is 4.79 Å². The van der Waals surface area contributed by atoms with Crippen LogP contribution in [0.5, 0.6) is 11.5 Å². The lowest BCUT2D eigenvalue weighted by Crippen LogP contribution is -2.42. The Hall–Kier alpha value is -3.80. The summed E-state index contributed by atoms with van der Waals surface area (Å²) in [6.07, 6.45) is 6.41. The Morgan fingerprint density at radius 2 is 1.85 bits per heavy atom. The van der Waals surface area contributed by atoms with E-state index in [4.69, 9.17) is 9.47 Å². The number of aromatic nitrogens is 1. The predicted octanol–water partition coefficient (Wildman–Crippen LogP) is 5.81. The van der Waals surface area contributed by atoms with Crippen LogP contribution in [-0.2, 0) is 0 Å². The smallest absolute Gasteiger partial charge is 0.321 e. The Balaban J connectivity index is 1.28. The molecule has 34 heavy (non-hydrogen) atoms. The third kappa shape index (κ3) is 6.61. The third-order valence-electron chi connectivity index (χ3n) is 5.82. The number of hydrogen-bond donors (Lipinski definition) is 1. The Labute approximate surface area is 201 Å². The van der Waals surface area contributed by atoms with Gasteiger partial charge >= 0.3 is 6.03 Å². The second-order valence-corrected chi connectivity index (χ2v) is 8.57. The van der Waals surface area contributed by atoms with Crippen LogP contribution in [0, 0.1) is 12.8 Å². The average Bonchev–Trinajstić information content (AvgIpc) is 2.84. The minimum Gasteiger partial charge on any atom is -0.490 e. The molecule has 3 aromatic rings. The molecule has 2 aromatic carbocycles. The average molecular weight is 458 g/mol. The molecule has 1 atom stereocenters. The number of urea groups is 1. The lowest BCUT2D eigenvalue weighted by molar-refractivity contribution is 0.198. The number of aryl methyl sites for hydroxylation is 1. The van der Waals surface area contributed by atoms with Crippen LogP contribution in [0.2, 0.25) is 0 Å². The number of carbonyl (C=O) groups is 1. The fraction of sp³-hybridized carbons (Fsp3) is 0.286. The van der Waals surface area contributed by atoms with Crippen molar-refractivity contribution < 1.29 is 14.3 Å². The van der Waals surface area contributed by atoms with E-state index < -0.39 is 0 Å². The number of hydrogen-bond acceptors (Lipinski definition) is 4. The van der Waals surface area contributed by atoms with Gasteiger partial charge in [0.15, 0.2) is 0 Å². The minimum atomic E-state index is -0.0813. The second-order valence-electron chi connectivity index (χ2n) is 8.57. The maximum absolute atomic E-state index is 12.6. The summed E-state index contributed by atoms with van der Waals surface area (Å²) in [7, 11) is 0. The quantitative estimate of drug-likeness (QED) is 0.455. The third-order valence-corrected chi connectivity index (χ3v) is 5.82. The van der Waals surface area contributed by atoms with E-state index in [0.717, 1.165) is 23.5 Å². The minimum absolute atomic E-state index is 0.0813. The van der Waals surface area contributed by atoms with Gasteiger partial charge in [-0.3, -0.25) is 4.98 Å². The molecule has 1 aromatic heterocycles. The number of likely N-dealkylation sites (tertiary alicyclic amines) is 1. The Kier molecular flexibility index (Phi) is 7.81. The zero-order valence-electron chi connectivity index (χ0n) is 19.7. The number of ether oxygens (including phenoxy) is 2. The van der Waals surface area contributed by atoms with Crippen molar-refractivity contribution in [2.75, 3.05) is 31.6 Å². The number of nitrogens with zero attached hydrogens (tertiary/aromatic N) is 2. The highest BCUT2D eigenvalue weighted by atomic mass is 16.5. The summed E-state index contributed by atoms with van der Waals surface area (Å²) in [6.45, 7) is 6.55. The van der Waals surface area contributed by atoms with Crippen molar-refractivity contribution in [1.29, 1.82) is 0 Å². The number of pyridine rings is 1. The molecule has 176 valence electrons. The first-order chi connectivity index (χ1) is 16.6. The second kappa shape index (κ2) is 11.4. The van der Waals surface area contributed by atoms with Crippen molar-refractivity contribution in [3.63, 3.8) is 0 Å². The standard InChI is InChI=1S/C28H31N3O3/c1-21-6-3-9-26(16-21)33-14-15-34-27-10-4-7-23(18-27)17-24-11-13-31(20-22(24)2)28(32)30-25-8-5-12-29-19-25/h3-10,12,16-19,22H,11,13-15,20H2,1-2H3,(H,30,32). The molecule has 1 fully saturated rings. The van der Waals surface area contributed by atoms with E-state index in [2.05, 4.69) is 29.4 Å². The molecule has 0 bridgehead atoms. The SMILES string of the molecule is Cc1cccc(OCCOc2cccc(C=C3CCN(C(=O)Nc4cccnc4)CC3C)c2)c1. The monoisotopic (exact) mass is 457 g/mol. The van der Waals surface area contributed by atoms with E-state index in [1.54, 1.807) is 12.4 Å². The van der Waals surface area contributed by atoms with E-state index in [9.17, 15) is 4.79 Å². The molecule has 2 amide bonds. The molecule has 0 aliphatic carbocycles. The summed E-state index contributed by atoms with van der Waals surface area (Å²) in [5.74, 6) is 1.96. The van der Waals surface area contributed by atoms with E-state index in [1.165, 1.54) is 11.1 Å². The van der Waals surface area contributed by atoms with Gasteiger partial charge in [0.1, 0.15) is 24.7 Å². The molecule has 1 unspecified atom stereocenters. The van der Waals surface area contributed by atoms with Crippen molar-refractivity contribution in [1.82, 2.24) is 9.88 Å². The molecule has 1 saturated heterocycles. The number of piperidine rings is 1. The molecule has 6 nitrogen and oxygen atoms in total. The normalized spacial score (nSPS) is 16.8. The van der Waals surface area contributed by atoms with Crippen molar-refractivity contribution >= 4 is 17.8 Å². The van der Waals surface area contributed by atoms with Crippen LogP contribution < -0.4 is 14.8 Å². The van der Waals surface area contributed by atoms with Crippen LogP contribution in [0.25, 0.3) is 6.08 Å². The molecule has 0 spiro atoms. The van der Waals surface area contributed by atoms with Crippen LogP contribution in [-0.4, -0.2) is 42.2 Å². The molecule has 0 saturated carbocycles. The van der Waals surface area contributed by atoms with Crippen molar-refractivity contribution in [2.24, 2.45) is 5.92 Å². The summed E-state index contributed by atoms with van der Waals surface area (Å²) in [5, 5.41) is 2.92. The van der Waals surface area contributed by atoms with Gasteiger partial charge in [0.2, 0.25) is 0 Å². The molecule has 1 N–H and O–H groups in total. The van der Waals surface area contributed by atoms with Gasteiger partial charge in [-0.15, -0.1) is 0 Å². The highest BCUT2D eigenvalue weighted by Gasteiger charge is 2.24. The van der Waals surface area contributed by atoms with Crippen molar-refractivity contribution in [3.8, 4) is 11.5 Å². The molecule has 6 heteroatoms. The molecule has 1 aliphatic heterocycles. The first-order valence-corrected chi connectivity index (χ1v) is 11.7. The number of amides is 2. The summed E-state index contributed by atoms with van der Waals surface area (Å²) < 4.78 is 11.7. The van der Waals surface area contributed by atoms with Gasteiger partial charge in [-0.2, -0.15) is 0 Å². The summed E-state index contributed by atoms with van der Waals surface area (Å²) >= 11 is 0. The molecule has 2 heterocycles. The summed E-state index contributed by atoms with van der Waals surface area (Å²) in [5.41, 5.74) is 4.33. The molecule has 1 aliphatic rings. The van der Waals surface area contributed by atoms with E-state index in [1.807, 2.05) is 66.4 Å². The molecule has 4 rings (SSSR count). The van der Waals surface area contributed by atoms with Crippen molar-refractivity contribution in [3.05, 3.63) is 89.8 Å². The van der Waals surface area contributed by atoms with Crippen molar-refractivity contribution in [2.45, 2.75) is 20.3 Å². The van der Waals surface area contributed by atoms with Gasteiger partial charge in [-0.1, -0.05) is 42.8 Å². The maximum Gasteiger partial charge on any atom is 0.321 e. The zero-order valence-corrected chi connectivity index (χ0v) is 19.7. The number of nitrogens with one attached hydrogen (secondary N) is 1. The van der Waals surface area contributed by atoms with Crippen LogP contribution in [0.4, 0.5) is 10.5 Å². The number of rotatable bonds is 7. The maximum atomic E-state index is 12.6. The van der Waals surface area contributed by atoms with Crippen LogP contribution in [0.1, 0.15) is 24.5 Å². The largest absolute Gasteiger partial charge is 0.490 e. The highest BCUT2D eigenvalue weighted by molar-refractivity contribution is 5.89. The zero-order chi connectivity index (χ0) is 23.8. The fourth-order valence-corrected chi connectivity index (χ4v) is 4.02. The van der Waals surface area contributed by atoms with E-state index in [-0.39, 0.29) is 11.9 Å². The van der Waals surface area contributed by atoms with Gasteiger partial charge in [0, 0.05) is 19.3 Å². The lowest BCUT2D eigenvalue weighted by atomic mass is 9.91. The first-order valence-electron chi connectivity index (χ1n) is 11.7. The van der Waals surface area contributed by atoms with Crippen LogP contribution in [0.15, 0.2) is 78.6 Å². The van der Waals surface area contributed by atoms with Gasteiger partial charge in [-0.05, 0) is 66.8 Å². The fourth-order valence-electron chi connectivity index (χ4n) is 4.02. The summed E-state index contributed by atoms with van der Waals surface area (Å²) in [6, 6.07) is 19.7. The van der Waals surface area contributed by atoms with E-state index in [0.29, 0.717) is 32.0 Å². The van der Waals surface area contributed by atoms with Crippen LogP contribution >= 0.6 is 0 Å². The topological polar surface area (TPSA) is 63.7 Å². The van der Waals surface area contributed by atoms with Gasteiger partial charge in [0.25, 0.3) is 0 Å². The van der Waals surface area contributed by atoms with Gasteiger partial charge < -0.3 is 19.7 Å². The Morgan fingerprint density at radius 1 is 1.09 bits per heavy atom. The molecular weight excluding hydrogens is 426 g/mol.